The molecule has 1 aliphatic carbocycles. The molecule has 2 heterocycles. The van der Waals surface area contributed by atoms with Crippen molar-refractivity contribution in [1.82, 2.24) is 9.80 Å². The highest BCUT2D eigenvalue weighted by atomic mass is 16.4. The van der Waals surface area contributed by atoms with E-state index < -0.39 is 5.97 Å². The molecule has 1 unspecified atom stereocenters. The molecular weight excluding hydrogens is 268 g/mol. The van der Waals surface area contributed by atoms with Gasteiger partial charge in [-0.2, -0.15) is 0 Å². The summed E-state index contributed by atoms with van der Waals surface area (Å²) in [6.07, 6.45) is 6.96. The molecular formula is C16H26N2O3. The average molecular weight is 294 g/mol. The Morgan fingerprint density at radius 1 is 1.05 bits per heavy atom. The highest BCUT2D eigenvalue weighted by molar-refractivity contribution is 5.78. The van der Waals surface area contributed by atoms with E-state index in [1.165, 1.54) is 19.4 Å². The Balaban J connectivity index is 1.60. The third-order valence-corrected chi connectivity index (χ3v) is 5.66. The van der Waals surface area contributed by atoms with Crippen LogP contribution in [0.4, 0.5) is 0 Å². The first-order chi connectivity index (χ1) is 10.1. The minimum absolute atomic E-state index is 0.155. The predicted octanol–water partition coefficient (Wildman–Crippen LogP) is 1.72. The molecule has 0 aromatic carbocycles. The minimum Gasteiger partial charge on any atom is -0.481 e. The lowest BCUT2D eigenvalue weighted by atomic mass is 9.79. The van der Waals surface area contributed by atoms with Gasteiger partial charge in [0.05, 0.1) is 6.42 Å². The molecule has 0 bridgehead atoms. The summed E-state index contributed by atoms with van der Waals surface area (Å²) < 4.78 is 0. The molecule has 5 heteroatoms. The number of carboxylic acid groups (broad SMARTS) is 1. The Morgan fingerprint density at radius 2 is 1.81 bits per heavy atom. The van der Waals surface area contributed by atoms with Crippen molar-refractivity contribution in [3.63, 3.8) is 0 Å². The molecule has 21 heavy (non-hydrogen) atoms. The number of amides is 1. The molecule has 0 radical (unpaired) electrons. The van der Waals surface area contributed by atoms with Gasteiger partial charge in [-0.05, 0) is 37.6 Å². The molecule has 3 aliphatic rings. The predicted molar refractivity (Wildman–Crippen MR) is 78.9 cm³/mol. The zero-order chi connectivity index (χ0) is 14.9. The molecule has 0 spiro atoms. The Kier molecular flexibility index (Phi) is 4.20. The van der Waals surface area contributed by atoms with E-state index >= 15 is 0 Å². The topological polar surface area (TPSA) is 60.9 Å². The Labute approximate surface area is 126 Å². The van der Waals surface area contributed by atoms with Crippen LogP contribution in [-0.4, -0.2) is 59.0 Å². The van der Waals surface area contributed by atoms with Gasteiger partial charge in [-0.3, -0.25) is 14.5 Å². The van der Waals surface area contributed by atoms with Crippen molar-refractivity contribution < 1.29 is 14.7 Å². The van der Waals surface area contributed by atoms with Crippen molar-refractivity contribution in [3.8, 4) is 0 Å². The van der Waals surface area contributed by atoms with E-state index in [1.807, 2.05) is 4.90 Å². The molecule has 0 aromatic rings. The largest absolute Gasteiger partial charge is 0.481 e. The zero-order valence-corrected chi connectivity index (χ0v) is 12.7. The van der Waals surface area contributed by atoms with Crippen LogP contribution in [0.25, 0.3) is 0 Å². The SMILES string of the molecule is O=C(O)CC1(CC(=O)N2CCN3CCCC3C2)CCCC1. The van der Waals surface area contributed by atoms with Gasteiger partial charge < -0.3 is 10.0 Å². The van der Waals surface area contributed by atoms with Crippen molar-refractivity contribution in [1.29, 1.82) is 0 Å². The van der Waals surface area contributed by atoms with E-state index in [-0.39, 0.29) is 17.7 Å². The van der Waals surface area contributed by atoms with E-state index in [4.69, 9.17) is 5.11 Å². The lowest BCUT2D eigenvalue weighted by Crippen LogP contribution is -2.52. The number of carbonyl (C=O) groups excluding carboxylic acids is 1. The van der Waals surface area contributed by atoms with Crippen LogP contribution in [-0.2, 0) is 9.59 Å². The number of aliphatic carboxylic acids is 1. The summed E-state index contributed by atoms with van der Waals surface area (Å²) in [6, 6.07) is 0.543. The van der Waals surface area contributed by atoms with E-state index in [0.717, 1.165) is 45.3 Å². The monoisotopic (exact) mass is 294 g/mol. The van der Waals surface area contributed by atoms with Crippen molar-refractivity contribution in [3.05, 3.63) is 0 Å². The number of rotatable bonds is 4. The van der Waals surface area contributed by atoms with Gasteiger partial charge in [0.25, 0.3) is 0 Å². The number of carbonyl (C=O) groups is 2. The second-order valence-electron chi connectivity index (χ2n) is 7.13. The number of nitrogens with zero attached hydrogens (tertiary/aromatic N) is 2. The van der Waals surface area contributed by atoms with Crippen LogP contribution in [0.3, 0.4) is 0 Å². The summed E-state index contributed by atoms with van der Waals surface area (Å²) in [5.41, 5.74) is -0.268. The fraction of sp³-hybridized carbons (Fsp3) is 0.875. The lowest BCUT2D eigenvalue weighted by Gasteiger charge is -2.39. The summed E-state index contributed by atoms with van der Waals surface area (Å²) in [4.78, 5) is 28.3. The maximum absolute atomic E-state index is 12.6. The van der Waals surface area contributed by atoms with Crippen LogP contribution >= 0.6 is 0 Å². The molecule has 118 valence electrons. The number of hydrogen-bond donors (Lipinski definition) is 1. The normalized spacial score (nSPS) is 28.6. The fourth-order valence-corrected chi connectivity index (χ4v) is 4.51. The Hall–Kier alpha value is -1.10. The van der Waals surface area contributed by atoms with Gasteiger partial charge in [-0.15, -0.1) is 0 Å². The molecule has 3 fully saturated rings. The van der Waals surface area contributed by atoms with Crippen LogP contribution in [0.15, 0.2) is 0 Å². The maximum Gasteiger partial charge on any atom is 0.303 e. The smallest absolute Gasteiger partial charge is 0.303 e. The summed E-state index contributed by atoms with van der Waals surface area (Å²) in [7, 11) is 0. The molecule has 1 atom stereocenters. The number of piperazine rings is 1. The van der Waals surface area contributed by atoms with E-state index in [0.29, 0.717) is 12.5 Å². The standard InChI is InChI=1S/C16H26N2O3/c19-14(10-16(11-15(20)21)5-1-2-6-16)18-9-8-17-7-3-4-13(17)12-18/h13H,1-12H2,(H,20,21). The van der Waals surface area contributed by atoms with E-state index in [1.54, 1.807) is 0 Å². The lowest BCUT2D eigenvalue weighted by molar-refractivity contribution is -0.142. The molecule has 2 saturated heterocycles. The summed E-state index contributed by atoms with van der Waals surface area (Å²) in [5, 5.41) is 9.15. The number of carboxylic acids is 1. The van der Waals surface area contributed by atoms with Gasteiger partial charge in [-0.25, -0.2) is 0 Å². The van der Waals surface area contributed by atoms with E-state index in [2.05, 4.69) is 4.90 Å². The van der Waals surface area contributed by atoms with Gasteiger partial charge in [0.2, 0.25) is 5.91 Å². The quantitative estimate of drug-likeness (QED) is 0.857. The Morgan fingerprint density at radius 3 is 2.52 bits per heavy atom. The first kappa shape index (κ1) is 14.8. The van der Waals surface area contributed by atoms with E-state index in [9.17, 15) is 9.59 Å². The second kappa shape index (κ2) is 5.95. The van der Waals surface area contributed by atoms with Gasteiger partial charge in [0, 0.05) is 32.1 Å². The van der Waals surface area contributed by atoms with Crippen molar-refractivity contribution in [2.45, 2.75) is 57.4 Å². The van der Waals surface area contributed by atoms with Crippen molar-refractivity contribution >= 4 is 11.9 Å². The highest BCUT2D eigenvalue weighted by Crippen LogP contribution is 2.44. The molecule has 2 aliphatic heterocycles. The van der Waals surface area contributed by atoms with Gasteiger partial charge in [0.15, 0.2) is 0 Å². The molecule has 3 rings (SSSR count). The van der Waals surface area contributed by atoms with Crippen LogP contribution in [0.5, 0.6) is 0 Å². The van der Waals surface area contributed by atoms with Crippen LogP contribution < -0.4 is 0 Å². The molecule has 5 nitrogen and oxygen atoms in total. The molecule has 1 N–H and O–H groups in total. The average Bonchev–Trinajstić information content (AvgIpc) is 3.06. The van der Waals surface area contributed by atoms with Gasteiger partial charge in [0.1, 0.15) is 0 Å². The Bertz CT molecular complexity index is 418. The fourth-order valence-electron chi connectivity index (χ4n) is 4.51. The number of fused-ring (bicyclic) bond motifs is 1. The highest BCUT2D eigenvalue weighted by Gasteiger charge is 2.40. The van der Waals surface area contributed by atoms with Gasteiger partial charge >= 0.3 is 5.97 Å². The third-order valence-electron chi connectivity index (χ3n) is 5.66. The van der Waals surface area contributed by atoms with Crippen LogP contribution in [0.2, 0.25) is 0 Å². The van der Waals surface area contributed by atoms with Crippen molar-refractivity contribution in [2.24, 2.45) is 5.41 Å². The maximum atomic E-state index is 12.6. The molecule has 1 saturated carbocycles. The second-order valence-corrected chi connectivity index (χ2v) is 7.13. The van der Waals surface area contributed by atoms with Gasteiger partial charge in [-0.1, -0.05) is 12.8 Å². The summed E-state index contributed by atoms with van der Waals surface area (Å²) >= 11 is 0. The summed E-state index contributed by atoms with van der Waals surface area (Å²) in [5.74, 6) is -0.574. The van der Waals surface area contributed by atoms with Crippen molar-refractivity contribution in [2.75, 3.05) is 26.2 Å². The first-order valence-corrected chi connectivity index (χ1v) is 8.32. The third kappa shape index (κ3) is 3.23. The number of hydrogen-bond acceptors (Lipinski definition) is 3. The first-order valence-electron chi connectivity index (χ1n) is 8.32. The van der Waals surface area contributed by atoms with Crippen LogP contribution in [0.1, 0.15) is 51.4 Å². The zero-order valence-electron chi connectivity index (χ0n) is 12.7. The van der Waals surface area contributed by atoms with Crippen LogP contribution in [0, 0.1) is 5.41 Å². The molecule has 0 aromatic heterocycles. The minimum atomic E-state index is -0.759. The summed E-state index contributed by atoms with van der Waals surface area (Å²) in [6.45, 7) is 3.83. The molecule has 1 amide bonds.